The summed E-state index contributed by atoms with van der Waals surface area (Å²) >= 11 is 8.08. The minimum absolute atomic E-state index is 0.277. The average molecular weight is 379 g/mol. The van der Waals surface area contributed by atoms with Crippen molar-refractivity contribution < 1.29 is 14.4 Å². The lowest BCUT2D eigenvalue weighted by atomic mass is 10.1. The first-order valence-electron chi connectivity index (χ1n) is 5.05. The van der Waals surface area contributed by atoms with Crippen molar-refractivity contribution in [3.63, 3.8) is 0 Å². The molecule has 1 aromatic carbocycles. The van der Waals surface area contributed by atoms with E-state index in [0.29, 0.717) is 0 Å². The summed E-state index contributed by atoms with van der Waals surface area (Å²) in [6.07, 6.45) is 0. The molecule has 4 amide bonds. The molecule has 1 aromatic rings. The highest BCUT2D eigenvalue weighted by Crippen LogP contribution is 2.29. The number of hydrogen-bond donors (Lipinski definition) is 1. The van der Waals surface area contributed by atoms with Crippen LogP contribution in [0.5, 0.6) is 0 Å². The van der Waals surface area contributed by atoms with Gasteiger partial charge in [0, 0.05) is 3.57 Å². The normalized spacial score (nSPS) is 20.1. The topological polar surface area (TPSA) is 66.5 Å². The van der Waals surface area contributed by atoms with Gasteiger partial charge in [0.2, 0.25) is 11.8 Å². The summed E-state index contributed by atoms with van der Waals surface area (Å²) in [5, 5.41) is 2.40. The van der Waals surface area contributed by atoms with E-state index in [1.165, 1.54) is 6.92 Å². The molecule has 1 aliphatic heterocycles. The van der Waals surface area contributed by atoms with E-state index < -0.39 is 23.8 Å². The third-order valence-corrected chi connectivity index (χ3v) is 3.54. The Morgan fingerprint density at radius 1 is 1.33 bits per heavy atom. The molecule has 1 unspecified atom stereocenters. The van der Waals surface area contributed by atoms with Crippen LogP contribution in [0.25, 0.3) is 0 Å². The van der Waals surface area contributed by atoms with Gasteiger partial charge in [-0.15, -0.1) is 0 Å². The number of nitrogens with zero attached hydrogens (tertiary/aromatic N) is 1. The molecule has 0 aliphatic carbocycles. The van der Waals surface area contributed by atoms with Crippen LogP contribution in [0.3, 0.4) is 0 Å². The van der Waals surface area contributed by atoms with Gasteiger partial charge in [-0.2, -0.15) is 0 Å². The Bertz CT molecular complexity index is 561. The van der Waals surface area contributed by atoms with Crippen molar-refractivity contribution in [3.8, 4) is 0 Å². The van der Waals surface area contributed by atoms with Crippen LogP contribution in [0.15, 0.2) is 18.2 Å². The quantitative estimate of drug-likeness (QED) is 0.602. The van der Waals surface area contributed by atoms with Crippen molar-refractivity contribution in [2.75, 3.05) is 4.90 Å². The lowest BCUT2D eigenvalue weighted by molar-refractivity contribution is -0.133. The number of barbiturate groups is 1. The summed E-state index contributed by atoms with van der Waals surface area (Å²) in [4.78, 5) is 35.9. The fourth-order valence-electron chi connectivity index (χ4n) is 1.57. The molecular formula is C11H8ClIN2O3. The Kier molecular flexibility index (Phi) is 3.58. The van der Waals surface area contributed by atoms with Crippen LogP contribution in [-0.2, 0) is 9.59 Å². The Balaban J connectivity index is 2.46. The van der Waals surface area contributed by atoms with Crippen LogP contribution in [0.1, 0.15) is 6.92 Å². The molecule has 0 spiro atoms. The molecule has 1 fully saturated rings. The first kappa shape index (κ1) is 13.3. The summed E-state index contributed by atoms with van der Waals surface area (Å²) in [5.41, 5.74) is 0.277. The SMILES string of the molecule is CC1C(=O)NC(=O)N(c2ccc(I)cc2Cl)C1=O. The van der Waals surface area contributed by atoms with Crippen LogP contribution in [0.2, 0.25) is 5.02 Å². The summed E-state index contributed by atoms with van der Waals surface area (Å²) in [6.45, 7) is 1.44. The molecule has 0 radical (unpaired) electrons. The second kappa shape index (κ2) is 4.85. The van der Waals surface area contributed by atoms with Gasteiger partial charge in [0.05, 0.1) is 10.7 Å². The zero-order valence-corrected chi connectivity index (χ0v) is 12.2. The number of benzene rings is 1. The largest absolute Gasteiger partial charge is 0.335 e. The fraction of sp³-hybridized carbons (Fsp3) is 0.182. The molecule has 0 bridgehead atoms. The maximum atomic E-state index is 12.0. The molecule has 1 saturated heterocycles. The molecule has 1 N–H and O–H groups in total. The summed E-state index contributed by atoms with van der Waals surface area (Å²) in [5.74, 6) is -2.08. The predicted octanol–water partition coefficient (Wildman–Crippen LogP) is 2.16. The van der Waals surface area contributed by atoms with Crippen LogP contribution < -0.4 is 10.2 Å². The molecule has 2 rings (SSSR count). The van der Waals surface area contributed by atoms with Crippen LogP contribution in [-0.4, -0.2) is 17.8 Å². The highest BCUT2D eigenvalue weighted by Gasteiger charge is 2.39. The van der Waals surface area contributed by atoms with Crippen molar-refractivity contribution >= 4 is 57.7 Å². The third-order valence-electron chi connectivity index (χ3n) is 2.57. The molecular weight excluding hydrogens is 370 g/mol. The van der Waals surface area contributed by atoms with Gasteiger partial charge in [-0.25, -0.2) is 9.69 Å². The summed E-state index contributed by atoms with van der Waals surface area (Å²) in [6, 6.07) is 4.17. The zero-order valence-electron chi connectivity index (χ0n) is 9.24. The van der Waals surface area contributed by atoms with E-state index in [-0.39, 0.29) is 10.7 Å². The van der Waals surface area contributed by atoms with Crippen molar-refractivity contribution in [2.45, 2.75) is 6.92 Å². The number of carbonyl (C=O) groups is 3. The maximum absolute atomic E-state index is 12.0. The van der Waals surface area contributed by atoms with Crippen molar-refractivity contribution in [1.29, 1.82) is 0 Å². The van der Waals surface area contributed by atoms with E-state index in [0.717, 1.165) is 8.47 Å². The molecule has 18 heavy (non-hydrogen) atoms. The van der Waals surface area contributed by atoms with Gasteiger partial charge in [0.25, 0.3) is 0 Å². The minimum Gasteiger partial charge on any atom is -0.277 e. The first-order valence-corrected chi connectivity index (χ1v) is 6.51. The second-order valence-corrected chi connectivity index (χ2v) is 5.44. The highest BCUT2D eigenvalue weighted by atomic mass is 127. The van der Waals surface area contributed by atoms with Crippen LogP contribution in [0, 0.1) is 9.49 Å². The van der Waals surface area contributed by atoms with Crippen molar-refractivity contribution in [2.24, 2.45) is 5.92 Å². The Hall–Kier alpha value is -1.15. The Labute approximate surface area is 122 Å². The molecule has 0 saturated carbocycles. The van der Waals surface area contributed by atoms with Crippen molar-refractivity contribution in [1.82, 2.24) is 5.32 Å². The maximum Gasteiger partial charge on any atom is 0.335 e. The summed E-state index contributed by atoms with van der Waals surface area (Å²) < 4.78 is 0.885. The number of halogens is 2. The molecule has 1 atom stereocenters. The van der Waals surface area contributed by atoms with Gasteiger partial charge in [-0.3, -0.25) is 14.9 Å². The number of carbonyl (C=O) groups excluding carboxylic acids is 3. The number of hydrogen-bond acceptors (Lipinski definition) is 3. The van der Waals surface area contributed by atoms with Gasteiger partial charge < -0.3 is 0 Å². The predicted molar refractivity (Wildman–Crippen MR) is 74.4 cm³/mol. The molecule has 94 valence electrons. The van der Waals surface area contributed by atoms with Gasteiger partial charge in [-0.05, 0) is 47.7 Å². The number of anilines is 1. The Morgan fingerprint density at radius 3 is 2.61 bits per heavy atom. The highest BCUT2D eigenvalue weighted by molar-refractivity contribution is 14.1. The van der Waals surface area contributed by atoms with E-state index in [1.54, 1.807) is 18.2 Å². The number of imide groups is 2. The molecule has 5 nitrogen and oxygen atoms in total. The third kappa shape index (κ3) is 2.22. The lowest BCUT2D eigenvalue weighted by Gasteiger charge is -2.28. The van der Waals surface area contributed by atoms with E-state index >= 15 is 0 Å². The number of rotatable bonds is 1. The second-order valence-electron chi connectivity index (χ2n) is 3.79. The van der Waals surface area contributed by atoms with Crippen molar-refractivity contribution in [3.05, 3.63) is 26.8 Å². The van der Waals surface area contributed by atoms with Gasteiger partial charge in [0.15, 0.2) is 0 Å². The van der Waals surface area contributed by atoms with Gasteiger partial charge in [-0.1, -0.05) is 11.6 Å². The number of urea groups is 1. The number of nitrogens with one attached hydrogen (secondary N) is 1. The van der Waals surface area contributed by atoms with E-state index in [2.05, 4.69) is 27.9 Å². The monoisotopic (exact) mass is 378 g/mol. The smallest absolute Gasteiger partial charge is 0.277 e. The van der Waals surface area contributed by atoms with Gasteiger partial charge in [0.1, 0.15) is 5.92 Å². The zero-order chi connectivity index (χ0) is 13.4. The van der Waals surface area contributed by atoms with Crippen LogP contribution in [0.4, 0.5) is 10.5 Å². The molecule has 7 heteroatoms. The summed E-state index contributed by atoms with van der Waals surface area (Å²) in [7, 11) is 0. The Morgan fingerprint density at radius 2 is 2.00 bits per heavy atom. The number of amides is 4. The van der Waals surface area contributed by atoms with Gasteiger partial charge >= 0.3 is 6.03 Å². The van der Waals surface area contributed by atoms with E-state index in [9.17, 15) is 14.4 Å². The molecule has 1 heterocycles. The minimum atomic E-state index is -0.905. The molecule has 0 aromatic heterocycles. The average Bonchev–Trinajstić information content (AvgIpc) is 2.29. The van der Waals surface area contributed by atoms with E-state index in [4.69, 9.17) is 11.6 Å². The lowest BCUT2D eigenvalue weighted by Crippen LogP contribution is -2.57. The van der Waals surface area contributed by atoms with E-state index in [1.807, 2.05) is 0 Å². The first-order chi connectivity index (χ1) is 8.41. The fourth-order valence-corrected chi connectivity index (χ4v) is 2.51. The standard InChI is InChI=1S/C11H8ClIN2O3/c1-5-9(16)14-11(18)15(10(5)17)8-3-2-6(13)4-7(8)12/h2-5H,1H3,(H,14,16,18). The van der Waals surface area contributed by atoms with Crippen LogP contribution >= 0.6 is 34.2 Å². The molecule has 1 aliphatic rings.